The van der Waals surface area contributed by atoms with E-state index in [-0.39, 0.29) is 12.0 Å². The molecule has 2 aromatic rings. The highest BCUT2D eigenvalue weighted by Gasteiger charge is 2.24. The van der Waals surface area contributed by atoms with Gasteiger partial charge in [-0.2, -0.15) is 0 Å². The molecule has 0 spiro atoms. The molecule has 1 aromatic heterocycles. The predicted molar refractivity (Wildman–Crippen MR) is 100 cm³/mol. The standard InChI is InChI=1S/C20H23N3O2/c1-20(2,3)25-19(24)23-15-10-8-14(9-11-15)18(16-6-4-12-21-16)17-7-5-13-22-17/h4-13,16,18,22H,1-3H3,(H,23,24). The van der Waals surface area contributed by atoms with Crippen molar-refractivity contribution in [2.24, 2.45) is 4.99 Å². The van der Waals surface area contributed by atoms with E-state index in [0.29, 0.717) is 5.69 Å². The summed E-state index contributed by atoms with van der Waals surface area (Å²) in [6.07, 6.45) is 7.36. The van der Waals surface area contributed by atoms with E-state index in [9.17, 15) is 4.79 Å². The first-order valence-corrected chi connectivity index (χ1v) is 8.35. The first-order chi connectivity index (χ1) is 11.9. The fraction of sp³-hybridized carbons (Fsp3) is 0.300. The number of allylic oxidation sites excluding steroid dienone is 1. The summed E-state index contributed by atoms with van der Waals surface area (Å²) in [4.78, 5) is 19.7. The van der Waals surface area contributed by atoms with Crippen molar-refractivity contribution in [2.75, 3.05) is 5.32 Å². The molecule has 130 valence electrons. The van der Waals surface area contributed by atoms with Crippen LogP contribution in [-0.2, 0) is 4.74 Å². The smallest absolute Gasteiger partial charge is 0.412 e. The maximum Gasteiger partial charge on any atom is 0.412 e. The van der Waals surface area contributed by atoms with Gasteiger partial charge < -0.3 is 9.72 Å². The third-order valence-corrected chi connectivity index (χ3v) is 3.87. The lowest BCUT2D eigenvalue weighted by Crippen LogP contribution is -2.27. The van der Waals surface area contributed by atoms with Crippen molar-refractivity contribution in [1.82, 2.24) is 4.98 Å². The summed E-state index contributed by atoms with van der Waals surface area (Å²) in [7, 11) is 0. The number of rotatable bonds is 4. The summed E-state index contributed by atoms with van der Waals surface area (Å²) >= 11 is 0. The Labute approximate surface area is 147 Å². The fourth-order valence-corrected chi connectivity index (χ4v) is 2.85. The Morgan fingerprint density at radius 2 is 2.00 bits per heavy atom. The number of amides is 1. The normalized spacial score (nSPS) is 17.5. The van der Waals surface area contributed by atoms with Crippen molar-refractivity contribution in [1.29, 1.82) is 0 Å². The molecule has 0 radical (unpaired) electrons. The zero-order valence-electron chi connectivity index (χ0n) is 14.7. The zero-order chi connectivity index (χ0) is 17.9. The third-order valence-electron chi connectivity index (χ3n) is 3.87. The average Bonchev–Trinajstić information content (AvgIpc) is 3.21. The van der Waals surface area contributed by atoms with Crippen LogP contribution >= 0.6 is 0 Å². The molecule has 0 aliphatic carbocycles. The topological polar surface area (TPSA) is 66.5 Å². The van der Waals surface area contributed by atoms with Crippen LogP contribution in [0, 0.1) is 0 Å². The summed E-state index contributed by atoms with van der Waals surface area (Å²) in [6.45, 7) is 5.52. The van der Waals surface area contributed by atoms with Crippen LogP contribution in [0.25, 0.3) is 0 Å². The van der Waals surface area contributed by atoms with Gasteiger partial charge in [0.25, 0.3) is 0 Å². The van der Waals surface area contributed by atoms with Crippen LogP contribution in [0.2, 0.25) is 0 Å². The molecule has 1 amide bonds. The monoisotopic (exact) mass is 337 g/mol. The lowest BCUT2D eigenvalue weighted by atomic mass is 9.89. The molecule has 1 aromatic carbocycles. The van der Waals surface area contributed by atoms with Crippen molar-refractivity contribution in [3.8, 4) is 0 Å². The Kier molecular flexibility index (Phi) is 4.74. The average molecular weight is 337 g/mol. The quantitative estimate of drug-likeness (QED) is 0.862. The molecule has 2 heterocycles. The van der Waals surface area contributed by atoms with E-state index in [1.807, 2.05) is 69.6 Å². The summed E-state index contributed by atoms with van der Waals surface area (Å²) < 4.78 is 5.28. The second kappa shape index (κ2) is 6.97. The fourth-order valence-electron chi connectivity index (χ4n) is 2.85. The number of nitrogens with one attached hydrogen (secondary N) is 2. The molecule has 0 fully saturated rings. The lowest BCUT2D eigenvalue weighted by Gasteiger charge is -2.21. The number of aromatic amines is 1. The predicted octanol–water partition coefficient (Wildman–Crippen LogP) is 4.50. The molecule has 1 aliphatic rings. The van der Waals surface area contributed by atoms with Crippen LogP contribution in [0.15, 0.2) is 59.7 Å². The van der Waals surface area contributed by atoms with Crippen LogP contribution in [0.4, 0.5) is 10.5 Å². The van der Waals surface area contributed by atoms with Gasteiger partial charge in [0.05, 0.1) is 12.0 Å². The summed E-state index contributed by atoms with van der Waals surface area (Å²) in [5, 5.41) is 2.76. The van der Waals surface area contributed by atoms with Crippen LogP contribution in [0.5, 0.6) is 0 Å². The van der Waals surface area contributed by atoms with Crippen molar-refractivity contribution >= 4 is 18.0 Å². The Balaban J connectivity index is 1.77. The number of H-pyrrole nitrogens is 1. The van der Waals surface area contributed by atoms with E-state index < -0.39 is 11.7 Å². The molecule has 25 heavy (non-hydrogen) atoms. The van der Waals surface area contributed by atoms with E-state index >= 15 is 0 Å². The summed E-state index contributed by atoms with van der Waals surface area (Å²) in [5.74, 6) is 0.112. The second-order valence-corrected chi connectivity index (χ2v) is 7.03. The number of nitrogens with zero attached hydrogens (tertiary/aromatic N) is 1. The van der Waals surface area contributed by atoms with Crippen LogP contribution in [0.3, 0.4) is 0 Å². The number of benzene rings is 1. The van der Waals surface area contributed by atoms with E-state index in [1.165, 1.54) is 0 Å². The number of ether oxygens (including phenoxy) is 1. The molecular weight excluding hydrogens is 314 g/mol. The van der Waals surface area contributed by atoms with Crippen molar-refractivity contribution in [3.63, 3.8) is 0 Å². The minimum Gasteiger partial charge on any atom is -0.444 e. The molecule has 1 aliphatic heterocycles. The number of hydrogen-bond donors (Lipinski definition) is 2. The zero-order valence-corrected chi connectivity index (χ0v) is 14.7. The minimum atomic E-state index is -0.518. The molecule has 0 saturated heterocycles. The molecule has 2 unspecified atom stereocenters. The Morgan fingerprint density at radius 3 is 2.56 bits per heavy atom. The maximum atomic E-state index is 11.9. The van der Waals surface area contributed by atoms with Gasteiger partial charge in [0.15, 0.2) is 0 Å². The van der Waals surface area contributed by atoms with Gasteiger partial charge in [-0.1, -0.05) is 18.2 Å². The molecule has 0 saturated carbocycles. The number of aromatic nitrogens is 1. The van der Waals surface area contributed by atoms with Crippen LogP contribution in [0.1, 0.15) is 37.9 Å². The van der Waals surface area contributed by atoms with E-state index in [4.69, 9.17) is 4.74 Å². The third kappa shape index (κ3) is 4.38. The maximum absolute atomic E-state index is 11.9. The Bertz CT molecular complexity index is 756. The Morgan fingerprint density at radius 1 is 1.24 bits per heavy atom. The number of carbonyl (C=O) groups is 1. The molecule has 2 N–H and O–H groups in total. The molecule has 2 atom stereocenters. The highest BCUT2D eigenvalue weighted by Crippen LogP contribution is 2.31. The van der Waals surface area contributed by atoms with Gasteiger partial charge in [-0.25, -0.2) is 4.79 Å². The first-order valence-electron chi connectivity index (χ1n) is 8.35. The molecule has 3 rings (SSSR count). The SMILES string of the molecule is CC(C)(C)OC(=O)Nc1ccc(C(c2ccc[nH]2)C2C=CC=N2)cc1. The molecule has 0 bridgehead atoms. The van der Waals surface area contributed by atoms with Gasteiger partial charge in [0.1, 0.15) is 5.60 Å². The van der Waals surface area contributed by atoms with Gasteiger partial charge in [0.2, 0.25) is 0 Å². The lowest BCUT2D eigenvalue weighted by molar-refractivity contribution is 0.0636. The Hall–Kier alpha value is -2.82. The number of hydrogen-bond acceptors (Lipinski definition) is 3. The van der Waals surface area contributed by atoms with Gasteiger partial charge in [0, 0.05) is 23.8 Å². The van der Waals surface area contributed by atoms with Gasteiger partial charge in [-0.15, -0.1) is 0 Å². The van der Waals surface area contributed by atoms with E-state index in [0.717, 1.165) is 11.3 Å². The van der Waals surface area contributed by atoms with Crippen LogP contribution in [-0.4, -0.2) is 28.9 Å². The van der Waals surface area contributed by atoms with Gasteiger partial charge >= 0.3 is 6.09 Å². The van der Waals surface area contributed by atoms with Gasteiger partial charge in [-0.05, 0) is 56.7 Å². The molecule has 5 nitrogen and oxygen atoms in total. The number of anilines is 1. The molecule has 5 heteroatoms. The van der Waals surface area contributed by atoms with Gasteiger partial charge in [-0.3, -0.25) is 10.3 Å². The summed E-state index contributed by atoms with van der Waals surface area (Å²) in [6, 6.07) is 11.9. The van der Waals surface area contributed by atoms with Crippen LogP contribution < -0.4 is 5.32 Å². The van der Waals surface area contributed by atoms with Crippen molar-refractivity contribution in [3.05, 3.63) is 66.0 Å². The molecular formula is C20H23N3O2. The van der Waals surface area contributed by atoms with Crippen molar-refractivity contribution in [2.45, 2.75) is 38.3 Å². The number of aliphatic imine (C=N–C) groups is 1. The largest absolute Gasteiger partial charge is 0.444 e. The summed E-state index contributed by atoms with van der Waals surface area (Å²) in [5.41, 5.74) is 2.43. The first kappa shape index (κ1) is 17.0. The van der Waals surface area contributed by atoms with E-state index in [1.54, 1.807) is 0 Å². The highest BCUT2D eigenvalue weighted by atomic mass is 16.6. The number of carbonyl (C=O) groups excluding carboxylic acids is 1. The minimum absolute atomic E-state index is 0.0725. The van der Waals surface area contributed by atoms with E-state index in [2.05, 4.69) is 27.4 Å². The second-order valence-electron chi connectivity index (χ2n) is 7.03. The highest BCUT2D eigenvalue weighted by molar-refractivity contribution is 5.84. The van der Waals surface area contributed by atoms with Crippen molar-refractivity contribution < 1.29 is 9.53 Å².